The maximum atomic E-state index is 5.48. The van der Waals surface area contributed by atoms with Crippen molar-refractivity contribution in [1.29, 1.82) is 0 Å². The minimum atomic E-state index is 0.718. The van der Waals surface area contributed by atoms with Crippen molar-refractivity contribution >= 4 is 0 Å². The van der Waals surface area contributed by atoms with Gasteiger partial charge in [-0.2, -0.15) is 0 Å². The Kier molecular flexibility index (Phi) is 2.77. The molecule has 2 heterocycles. The molecule has 0 unspecified atom stereocenters. The highest BCUT2D eigenvalue weighted by Crippen LogP contribution is 2.24. The molecule has 0 aromatic carbocycles. The minimum absolute atomic E-state index is 0.718. The predicted octanol–water partition coefficient (Wildman–Crippen LogP) is 2.35. The number of hydrogen-bond donors (Lipinski definition) is 0. The van der Waals surface area contributed by atoms with Gasteiger partial charge in [-0.3, -0.25) is 0 Å². The van der Waals surface area contributed by atoms with Crippen LogP contribution in [-0.4, -0.2) is 18.0 Å². The van der Waals surface area contributed by atoms with E-state index in [0.29, 0.717) is 0 Å². The molecule has 0 aliphatic carbocycles. The van der Waals surface area contributed by atoms with Crippen molar-refractivity contribution in [1.82, 2.24) is 4.90 Å². The molecule has 0 amide bonds. The van der Waals surface area contributed by atoms with Gasteiger partial charge in [0.05, 0.1) is 0 Å². The first-order valence-electron chi connectivity index (χ1n) is 4.99. The smallest absolute Gasteiger partial charge is 0.234 e. The van der Waals surface area contributed by atoms with Crippen molar-refractivity contribution in [2.45, 2.75) is 19.3 Å². The highest BCUT2D eigenvalue weighted by atomic mass is 16.6. The molecule has 1 saturated heterocycles. The summed E-state index contributed by atoms with van der Waals surface area (Å²) in [5, 5.41) is 0. The highest BCUT2D eigenvalue weighted by Gasteiger charge is 2.21. The molecular formula is C11H15NO2. The molecule has 0 bridgehead atoms. The summed E-state index contributed by atoms with van der Waals surface area (Å²) >= 11 is 0. The summed E-state index contributed by atoms with van der Waals surface area (Å²) in [5.74, 6) is 1.73. The molecule has 76 valence electrons. The zero-order chi connectivity index (χ0) is 9.80. The van der Waals surface area contributed by atoms with Gasteiger partial charge in [-0.15, -0.1) is 6.58 Å². The Morgan fingerprint density at radius 1 is 1.29 bits per heavy atom. The Labute approximate surface area is 84.3 Å². The van der Waals surface area contributed by atoms with Crippen LogP contribution in [-0.2, 0) is 9.47 Å². The fourth-order valence-corrected chi connectivity index (χ4v) is 1.76. The zero-order valence-electron chi connectivity index (χ0n) is 8.24. The maximum Gasteiger partial charge on any atom is 0.234 e. The van der Waals surface area contributed by atoms with Crippen molar-refractivity contribution in [2.75, 3.05) is 13.1 Å². The van der Waals surface area contributed by atoms with Crippen molar-refractivity contribution in [3.8, 4) is 0 Å². The van der Waals surface area contributed by atoms with Crippen molar-refractivity contribution in [3.05, 3.63) is 36.8 Å². The van der Waals surface area contributed by atoms with Gasteiger partial charge in [-0.1, -0.05) is 6.08 Å². The molecule has 2 rings (SSSR count). The lowest BCUT2D eigenvalue weighted by molar-refractivity contribution is 0.141. The van der Waals surface area contributed by atoms with Gasteiger partial charge >= 0.3 is 0 Å². The molecule has 0 aromatic heterocycles. The van der Waals surface area contributed by atoms with E-state index in [-0.39, 0.29) is 0 Å². The second-order valence-electron chi connectivity index (χ2n) is 3.42. The summed E-state index contributed by atoms with van der Waals surface area (Å²) in [6.45, 7) is 5.83. The van der Waals surface area contributed by atoms with Crippen LogP contribution < -0.4 is 0 Å². The molecule has 3 heteroatoms. The fourth-order valence-electron chi connectivity index (χ4n) is 1.76. The third kappa shape index (κ3) is 1.76. The monoisotopic (exact) mass is 193 g/mol. The first-order chi connectivity index (χ1) is 6.92. The summed E-state index contributed by atoms with van der Waals surface area (Å²) in [5.41, 5.74) is 0. The number of allylic oxidation sites excluding steroid dienone is 1. The molecule has 14 heavy (non-hydrogen) atoms. The van der Waals surface area contributed by atoms with Gasteiger partial charge in [-0.05, 0) is 12.8 Å². The van der Waals surface area contributed by atoms with Crippen LogP contribution in [0.15, 0.2) is 36.8 Å². The largest absolute Gasteiger partial charge is 0.460 e. The van der Waals surface area contributed by atoms with Gasteiger partial charge in [0.25, 0.3) is 0 Å². The van der Waals surface area contributed by atoms with Crippen LogP contribution in [0.25, 0.3) is 0 Å². The third-order valence-corrected chi connectivity index (χ3v) is 2.41. The van der Waals surface area contributed by atoms with E-state index in [0.717, 1.165) is 31.2 Å². The van der Waals surface area contributed by atoms with Crippen LogP contribution in [0.2, 0.25) is 0 Å². The predicted molar refractivity (Wildman–Crippen MR) is 54.0 cm³/mol. The van der Waals surface area contributed by atoms with E-state index < -0.39 is 0 Å². The average molecular weight is 193 g/mol. The fraction of sp³-hybridized carbons (Fsp3) is 0.455. The Hall–Kier alpha value is -1.38. The molecular weight excluding hydrogens is 178 g/mol. The van der Waals surface area contributed by atoms with Crippen LogP contribution >= 0.6 is 0 Å². The normalized spacial score (nSPS) is 20.7. The molecule has 2 aliphatic rings. The number of ether oxygens (including phenoxy) is 2. The quantitative estimate of drug-likeness (QED) is 0.642. The zero-order valence-corrected chi connectivity index (χ0v) is 8.24. The molecule has 0 spiro atoms. The topological polar surface area (TPSA) is 21.7 Å². The Morgan fingerprint density at radius 3 is 2.71 bits per heavy atom. The molecule has 0 N–H and O–H groups in total. The van der Waals surface area contributed by atoms with Crippen LogP contribution in [0.4, 0.5) is 0 Å². The standard InChI is InChI=1S/C11H15NO2/c1-2-5-10-11(14-9-8-13-10)12-6-3-4-7-12/h2,8-9H,1,3-7H2. The van der Waals surface area contributed by atoms with Crippen molar-refractivity contribution in [2.24, 2.45) is 0 Å². The summed E-state index contributed by atoms with van der Waals surface area (Å²) in [4.78, 5) is 2.22. The van der Waals surface area contributed by atoms with Gasteiger partial charge in [0, 0.05) is 19.5 Å². The van der Waals surface area contributed by atoms with E-state index in [2.05, 4.69) is 11.5 Å². The van der Waals surface area contributed by atoms with Crippen molar-refractivity contribution < 1.29 is 9.47 Å². The Balaban J connectivity index is 2.13. The Morgan fingerprint density at radius 2 is 2.00 bits per heavy atom. The van der Waals surface area contributed by atoms with Gasteiger partial charge in [0.1, 0.15) is 12.5 Å². The Bertz CT molecular complexity index is 271. The summed E-state index contributed by atoms with van der Waals surface area (Å²) in [7, 11) is 0. The molecule has 0 atom stereocenters. The van der Waals surface area contributed by atoms with Crippen molar-refractivity contribution in [3.63, 3.8) is 0 Å². The number of rotatable bonds is 3. The lowest BCUT2D eigenvalue weighted by atomic mass is 10.3. The first kappa shape index (κ1) is 9.19. The van der Waals surface area contributed by atoms with Gasteiger partial charge in [-0.25, -0.2) is 0 Å². The van der Waals surface area contributed by atoms with Crippen LogP contribution in [0.5, 0.6) is 0 Å². The van der Waals surface area contributed by atoms with Gasteiger partial charge in [0.2, 0.25) is 5.88 Å². The first-order valence-corrected chi connectivity index (χ1v) is 4.99. The second kappa shape index (κ2) is 4.22. The van der Waals surface area contributed by atoms with Crippen LogP contribution in [0, 0.1) is 0 Å². The number of nitrogens with zero attached hydrogens (tertiary/aromatic N) is 1. The van der Waals surface area contributed by atoms with E-state index in [9.17, 15) is 0 Å². The van der Waals surface area contributed by atoms with Crippen LogP contribution in [0.3, 0.4) is 0 Å². The summed E-state index contributed by atoms with van der Waals surface area (Å²) in [6.07, 6.45) is 8.17. The molecule has 3 nitrogen and oxygen atoms in total. The summed E-state index contributed by atoms with van der Waals surface area (Å²) < 4.78 is 10.9. The van der Waals surface area contributed by atoms with E-state index in [1.165, 1.54) is 12.8 Å². The van der Waals surface area contributed by atoms with Gasteiger partial charge in [0.15, 0.2) is 5.76 Å². The second-order valence-corrected chi connectivity index (χ2v) is 3.42. The van der Waals surface area contributed by atoms with Crippen LogP contribution in [0.1, 0.15) is 19.3 Å². The number of likely N-dealkylation sites (tertiary alicyclic amines) is 1. The molecule has 1 fully saturated rings. The highest BCUT2D eigenvalue weighted by molar-refractivity contribution is 5.10. The lowest BCUT2D eigenvalue weighted by Crippen LogP contribution is -2.22. The molecule has 2 aliphatic heterocycles. The maximum absolute atomic E-state index is 5.48. The average Bonchev–Trinajstić information content (AvgIpc) is 2.72. The number of hydrogen-bond acceptors (Lipinski definition) is 3. The molecule has 0 saturated carbocycles. The SMILES string of the molecule is C=CCC1=C(N2CCCC2)OC=CO1. The molecule has 0 radical (unpaired) electrons. The summed E-state index contributed by atoms with van der Waals surface area (Å²) in [6, 6.07) is 0. The van der Waals surface area contributed by atoms with E-state index in [1.807, 2.05) is 6.08 Å². The van der Waals surface area contributed by atoms with E-state index >= 15 is 0 Å². The lowest BCUT2D eigenvalue weighted by Gasteiger charge is -2.24. The van der Waals surface area contributed by atoms with E-state index in [1.54, 1.807) is 12.5 Å². The minimum Gasteiger partial charge on any atom is -0.460 e. The van der Waals surface area contributed by atoms with E-state index in [4.69, 9.17) is 9.47 Å². The molecule has 0 aromatic rings. The third-order valence-electron chi connectivity index (χ3n) is 2.41. The van der Waals surface area contributed by atoms with Gasteiger partial charge < -0.3 is 14.4 Å².